The Morgan fingerprint density at radius 2 is 2.00 bits per heavy atom. The van der Waals surface area contributed by atoms with Crippen LogP contribution < -0.4 is 5.56 Å². The van der Waals surface area contributed by atoms with Crippen LogP contribution in [0.4, 0.5) is 0 Å². The summed E-state index contributed by atoms with van der Waals surface area (Å²) in [5.74, 6) is 0.754. The van der Waals surface area contributed by atoms with Crippen LogP contribution in [0.1, 0.15) is 12.0 Å². The number of halogens is 1. The molecule has 0 aliphatic heterocycles. The third-order valence-corrected chi connectivity index (χ3v) is 5.11. The van der Waals surface area contributed by atoms with Crippen LogP contribution in [0.2, 0.25) is 5.02 Å². The number of nitrogens with zero attached hydrogens (tertiary/aromatic N) is 2. The summed E-state index contributed by atoms with van der Waals surface area (Å²) >= 11 is 7.63. The second-order valence-corrected chi connectivity index (χ2v) is 7.01. The average molecular weight is 375 g/mol. The Morgan fingerprint density at radius 3 is 2.76 bits per heavy atom. The van der Waals surface area contributed by atoms with Gasteiger partial charge in [0.05, 0.1) is 10.9 Å². The molecule has 0 saturated carbocycles. The van der Waals surface area contributed by atoms with Gasteiger partial charge in [0.25, 0.3) is 5.56 Å². The van der Waals surface area contributed by atoms with Crippen molar-refractivity contribution in [1.29, 1.82) is 0 Å². The second-order valence-electron chi connectivity index (χ2n) is 5.63. The van der Waals surface area contributed by atoms with Crippen LogP contribution in [0.25, 0.3) is 10.9 Å². The lowest BCUT2D eigenvalue weighted by Crippen LogP contribution is -2.24. The van der Waals surface area contributed by atoms with Gasteiger partial charge >= 0.3 is 0 Å². The van der Waals surface area contributed by atoms with E-state index in [1.165, 1.54) is 5.56 Å². The Morgan fingerprint density at radius 1 is 1.20 bits per heavy atom. The van der Waals surface area contributed by atoms with Crippen molar-refractivity contribution < 1.29 is 4.74 Å². The summed E-state index contributed by atoms with van der Waals surface area (Å²) in [7, 11) is 1.66. The van der Waals surface area contributed by atoms with E-state index in [1.807, 2.05) is 18.2 Å². The molecule has 0 aliphatic rings. The number of rotatable bonds is 7. The number of benzene rings is 2. The molecular formula is C19H19ClN2O2S. The van der Waals surface area contributed by atoms with E-state index < -0.39 is 0 Å². The first-order valence-corrected chi connectivity index (χ1v) is 9.41. The molecule has 0 saturated heterocycles. The Hall–Kier alpha value is -1.82. The molecule has 6 heteroatoms. The molecule has 1 heterocycles. The molecule has 2 aromatic carbocycles. The number of methoxy groups -OCH3 is 1. The first-order chi connectivity index (χ1) is 12.2. The molecule has 0 radical (unpaired) electrons. The van der Waals surface area contributed by atoms with Crippen LogP contribution in [0.5, 0.6) is 0 Å². The summed E-state index contributed by atoms with van der Waals surface area (Å²) in [5.41, 5.74) is 1.79. The van der Waals surface area contributed by atoms with Crippen LogP contribution in [-0.4, -0.2) is 23.3 Å². The number of ether oxygens (including phenoxy) is 1. The Bertz CT molecular complexity index is 912. The van der Waals surface area contributed by atoms with Crippen molar-refractivity contribution in [3.8, 4) is 0 Å². The van der Waals surface area contributed by atoms with E-state index in [-0.39, 0.29) is 5.56 Å². The minimum absolute atomic E-state index is 0.0340. The highest BCUT2D eigenvalue weighted by Gasteiger charge is 2.12. The van der Waals surface area contributed by atoms with Gasteiger partial charge < -0.3 is 4.74 Å². The van der Waals surface area contributed by atoms with E-state index in [1.54, 1.807) is 41.6 Å². The third-order valence-electron chi connectivity index (χ3n) is 3.82. The Labute approximate surface area is 155 Å². The maximum atomic E-state index is 12.9. The number of fused-ring (bicyclic) bond motifs is 1. The number of aromatic nitrogens is 2. The summed E-state index contributed by atoms with van der Waals surface area (Å²) in [6.45, 7) is 1.18. The van der Waals surface area contributed by atoms with Crippen LogP contribution in [0.15, 0.2) is 58.5 Å². The first kappa shape index (κ1) is 18.0. The van der Waals surface area contributed by atoms with Gasteiger partial charge in [0.2, 0.25) is 0 Å². The van der Waals surface area contributed by atoms with Crippen molar-refractivity contribution in [2.24, 2.45) is 0 Å². The highest BCUT2D eigenvalue weighted by atomic mass is 35.5. The van der Waals surface area contributed by atoms with Crippen molar-refractivity contribution >= 4 is 34.3 Å². The zero-order valence-electron chi connectivity index (χ0n) is 13.9. The van der Waals surface area contributed by atoms with Crippen LogP contribution in [0, 0.1) is 0 Å². The van der Waals surface area contributed by atoms with Gasteiger partial charge in [-0.3, -0.25) is 9.36 Å². The number of thioether (sulfide) groups is 1. The molecule has 1 aromatic heterocycles. The molecular weight excluding hydrogens is 356 g/mol. The minimum Gasteiger partial charge on any atom is -0.385 e. The van der Waals surface area contributed by atoms with Gasteiger partial charge in [0.1, 0.15) is 0 Å². The number of hydrogen-bond acceptors (Lipinski definition) is 4. The molecule has 0 amide bonds. The third kappa shape index (κ3) is 4.42. The van der Waals surface area contributed by atoms with Crippen LogP contribution >= 0.6 is 23.4 Å². The van der Waals surface area contributed by atoms with Crippen LogP contribution in [0.3, 0.4) is 0 Å². The molecule has 0 aliphatic carbocycles. The van der Waals surface area contributed by atoms with E-state index >= 15 is 0 Å². The molecule has 3 aromatic rings. The molecule has 4 nitrogen and oxygen atoms in total. The second kappa shape index (κ2) is 8.52. The summed E-state index contributed by atoms with van der Waals surface area (Å²) in [5, 5.41) is 1.88. The quantitative estimate of drug-likeness (QED) is 0.350. The lowest BCUT2D eigenvalue weighted by Gasteiger charge is -2.13. The largest absolute Gasteiger partial charge is 0.385 e. The molecule has 0 spiro atoms. The topological polar surface area (TPSA) is 44.1 Å². The highest BCUT2D eigenvalue weighted by Crippen LogP contribution is 2.23. The van der Waals surface area contributed by atoms with Crippen molar-refractivity contribution in [1.82, 2.24) is 9.55 Å². The number of hydrogen-bond donors (Lipinski definition) is 0. The van der Waals surface area contributed by atoms with Gasteiger partial charge in [-0.05, 0) is 30.2 Å². The van der Waals surface area contributed by atoms with Crippen molar-refractivity contribution in [3.63, 3.8) is 0 Å². The summed E-state index contributed by atoms with van der Waals surface area (Å²) in [6.07, 6.45) is 0.760. The lowest BCUT2D eigenvalue weighted by atomic mass is 10.2. The van der Waals surface area contributed by atoms with Gasteiger partial charge in [-0.1, -0.05) is 53.7 Å². The normalized spacial score (nSPS) is 11.1. The Kier molecular flexibility index (Phi) is 6.13. The smallest absolute Gasteiger partial charge is 0.262 e. The predicted molar refractivity (Wildman–Crippen MR) is 104 cm³/mol. The lowest BCUT2D eigenvalue weighted by molar-refractivity contribution is 0.189. The van der Waals surface area contributed by atoms with Gasteiger partial charge in [0.15, 0.2) is 5.16 Å². The molecule has 0 bridgehead atoms. The van der Waals surface area contributed by atoms with Crippen molar-refractivity contribution in [3.05, 3.63) is 69.5 Å². The highest BCUT2D eigenvalue weighted by molar-refractivity contribution is 7.98. The van der Waals surface area contributed by atoms with E-state index in [0.717, 1.165) is 12.2 Å². The van der Waals surface area contributed by atoms with Crippen LogP contribution in [-0.2, 0) is 17.0 Å². The van der Waals surface area contributed by atoms with E-state index in [2.05, 4.69) is 12.1 Å². The van der Waals surface area contributed by atoms with Crippen molar-refractivity contribution in [2.45, 2.75) is 23.9 Å². The molecule has 25 heavy (non-hydrogen) atoms. The van der Waals surface area contributed by atoms with Gasteiger partial charge in [0, 0.05) is 31.0 Å². The standard InChI is InChI=1S/C19H19ClN2O2S/c1-24-11-5-10-22-18(23)16-9-8-15(20)12-17(16)21-19(22)25-13-14-6-3-2-4-7-14/h2-4,6-9,12H,5,10-11,13H2,1H3. The summed E-state index contributed by atoms with van der Waals surface area (Å²) in [6, 6.07) is 15.4. The van der Waals surface area contributed by atoms with Crippen molar-refractivity contribution in [2.75, 3.05) is 13.7 Å². The van der Waals surface area contributed by atoms with Gasteiger partial charge in [-0.25, -0.2) is 4.98 Å². The molecule has 0 N–H and O–H groups in total. The maximum Gasteiger partial charge on any atom is 0.262 e. The fourth-order valence-electron chi connectivity index (χ4n) is 2.57. The maximum absolute atomic E-state index is 12.9. The van der Waals surface area contributed by atoms with Gasteiger partial charge in [-0.15, -0.1) is 0 Å². The zero-order valence-corrected chi connectivity index (χ0v) is 15.5. The van der Waals surface area contributed by atoms with Gasteiger partial charge in [-0.2, -0.15) is 0 Å². The monoisotopic (exact) mass is 374 g/mol. The zero-order chi connectivity index (χ0) is 17.6. The molecule has 130 valence electrons. The summed E-state index contributed by atoms with van der Waals surface area (Å²) in [4.78, 5) is 17.6. The molecule has 3 rings (SSSR count). The fraction of sp³-hybridized carbons (Fsp3) is 0.263. The first-order valence-electron chi connectivity index (χ1n) is 8.05. The molecule has 0 atom stereocenters. The predicted octanol–water partition coefficient (Wildman–Crippen LogP) is 4.38. The van der Waals surface area contributed by atoms with E-state index in [0.29, 0.717) is 34.2 Å². The Balaban J connectivity index is 1.97. The molecule has 0 fully saturated rings. The van der Waals surface area contributed by atoms with E-state index in [4.69, 9.17) is 21.3 Å². The van der Waals surface area contributed by atoms with E-state index in [9.17, 15) is 4.79 Å². The fourth-order valence-corrected chi connectivity index (χ4v) is 3.72. The minimum atomic E-state index is -0.0340. The molecule has 0 unspecified atom stereocenters. The summed E-state index contributed by atoms with van der Waals surface area (Å²) < 4.78 is 6.85. The average Bonchev–Trinajstić information content (AvgIpc) is 2.63. The SMILES string of the molecule is COCCCn1c(SCc2ccccc2)nc2cc(Cl)ccc2c1=O.